The van der Waals surface area contributed by atoms with Gasteiger partial charge in [-0.1, -0.05) is 20.8 Å². The molecule has 80 valence electrons. The second kappa shape index (κ2) is 3.56. The molecule has 4 unspecified atom stereocenters. The molecule has 4 atom stereocenters. The normalized spacial score (nSPS) is 42.4. The van der Waals surface area contributed by atoms with Crippen molar-refractivity contribution in [3.8, 4) is 0 Å². The van der Waals surface area contributed by atoms with Crippen LogP contribution in [0.15, 0.2) is 0 Å². The molecule has 3 aliphatic rings. The van der Waals surface area contributed by atoms with Gasteiger partial charge >= 0.3 is 5.97 Å². The molecule has 2 aliphatic carbocycles. The van der Waals surface area contributed by atoms with Crippen molar-refractivity contribution in [2.45, 2.75) is 46.1 Å². The molecule has 1 heterocycles. The van der Waals surface area contributed by atoms with Crippen molar-refractivity contribution < 1.29 is 9.53 Å². The van der Waals surface area contributed by atoms with E-state index in [4.69, 9.17) is 4.74 Å². The molecule has 2 saturated carbocycles. The van der Waals surface area contributed by atoms with E-state index in [9.17, 15) is 4.79 Å². The smallest absolute Gasteiger partial charge is 0.309 e. The maximum Gasteiger partial charge on any atom is 0.309 e. The second-order valence-electron chi connectivity index (χ2n) is 5.55. The van der Waals surface area contributed by atoms with Crippen molar-refractivity contribution in [1.29, 1.82) is 0 Å². The summed E-state index contributed by atoms with van der Waals surface area (Å²) in [6, 6.07) is 0. The van der Waals surface area contributed by atoms with Crippen LogP contribution in [0.25, 0.3) is 0 Å². The summed E-state index contributed by atoms with van der Waals surface area (Å²) in [5.41, 5.74) is 0. The highest BCUT2D eigenvalue weighted by Gasteiger charge is 2.56. The Hall–Kier alpha value is -0.530. The predicted octanol–water partition coefficient (Wildman–Crippen LogP) is 2.62. The minimum atomic E-state index is 0.0926. The molecule has 0 amide bonds. The molecule has 0 aromatic heterocycles. The van der Waals surface area contributed by atoms with E-state index in [0.29, 0.717) is 17.9 Å². The lowest BCUT2D eigenvalue weighted by atomic mass is 9.90. The van der Waals surface area contributed by atoms with Gasteiger partial charge in [-0.05, 0) is 31.1 Å². The molecule has 0 N–H and O–H groups in total. The number of hydrogen-bond acceptors (Lipinski definition) is 2. The van der Waals surface area contributed by atoms with E-state index in [-0.39, 0.29) is 5.97 Å². The molecule has 0 radical (unpaired) electrons. The van der Waals surface area contributed by atoms with Gasteiger partial charge in [-0.15, -0.1) is 0 Å². The van der Waals surface area contributed by atoms with E-state index >= 15 is 0 Å². The molecule has 0 aromatic rings. The van der Waals surface area contributed by atoms with Crippen LogP contribution in [0.5, 0.6) is 0 Å². The van der Waals surface area contributed by atoms with Crippen LogP contribution in [0.3, 0.4) is 0 Å². The van der Waals surface area contributed by atoms with Gasteiger partial charge in [0, 0.05) is 5.92 Å². The standard InChI is InChI=1S/C8H10O2.C4H10/c9-8-6-2-4-1-5(6)7(3-4)10-8;1-4(2)3/h4-7H,1-3H2;4H,1-3H3. The number of fused-ring (bicyclic) bond motifs is 1. The lowest BCUT2D eigenvalue weighted by Crippen LogP contribution is -2.15. The third-order valence-electron chi connectivity index (χ3n) is 3.32. The molecule has 1 aliphatic heterocycles. The summed E-state index contributed by atoms with van der Waals surface area (Å²) < 4.78 is 5.20. The zero-order valence-electron chi connectivity index (χ0n) is 9.32. The number of hydrogen-bond donors (Lipinski definition) is 0. The summed E-state index contributed by atoms with van der Waals surface area (Å²) in [7, 11) is 0. The van der Waals surface area contributed by atoms with Gasteiger partial charge in [-0.3, -0.25) is 4.79 Å². The van der Waals surface area contributed by atoms with E-state index in [1.54, 1.807) is 0 Å². The van der Waals surface area contributed by atoms with E-state index in [1.165, 1.54) is 6.42 Å². The van der Waals surface area contributed by atoms with Crippen LogP contribution in [0.4, 0.5) is 0 Å². The fraction of sp³-hybridized carbons (Fsp3) is 0.917. The van der Waals surface area contributed by atoms with Crippen LogP contribution in [0.1, 0.15) is 40.0 Å². The van der Waals surface area contributed by atoms with Crippen LogP contribution in [-0.4, -0.2) is 12.1 Å². The molecule has 3 rings (SSSR count). The van der Waals surface area contributed by atoms with Crippen molar-refractivity contribution >= 4 is 5.97 Å². The van der Waals surface area contributed by atoms with Gasteiger partial charge in [0.2, 0.25) is 0 Å². The fourth-order valence-corrected chi connectivity index (χ4v) is 2.93. The Morgan fingerprint density at radius 3 is 2.29 bits per heavy atom. The van der Waals surface area contributed by atoms with Crippen LogP contribution in [0, 0.1) is 23.7 Å². The summed E-state index contributed by atoms with van der Waals surface area (Å²) in [6.07, 6.45) is 3.88. The molecule has 2 nitrogen and oxygen atoms in total. The summed E-state index contributed by atoms with van der Waals surface area (Å²) in [5, 5.41) is 0. The van der Waals surface area contributed by atoms with Crippen LogP contribution in [-0.2, 0) is 9.53 Å². The maximum absolute atomic E-state index is 11.1. The molecule has 3 fully saturated rings. The largest absolute Gasteiger partial charge is 0.462 e. The summed E-state index contributed by atoms with van der Waals surface area (Å²) >= 11 is 0. The van der Waals surface area contributed by atoms with Gasteiger partial charge in [0.05, 0.1) is 5.92 Å². The number of rotatable bonds is 0. The number of ether oxygens (including phenoxy) is 1. The van der Waals surface area contributed by atoms with Gasteiger partial charge < -0.3 is 4.74 Å². The van der Waals surface area contributed by atoms with E-state index in [2.05, 4.69) is 20.8 Å². The molecule has 2 bridgehead atoms. The Balaban J connectivity index is 0.000000165. The number of carbonyl (C=O) groups is 1. The van der Waals surface area contributed by atoms with Crippen molar-refractivity contribution in [3.05, 3.63) is 0 Å². The Labute approximate surface area is 86.0 Å². The average Bonchev–Trinajstić information content (AvgIpc) is 2.62. The van der Waals surface area contributed by atoms with Crippen molar-refractivity contribution in [3.63, 3.8) is 0 Å². The molecule has 0 spiro atoms. The Bertz CT molecular complexity index is 230. The summed E-state index contributed by atoms with van der Waals surface area (Å²) in [5.74, 6) is 2.68. The van der Waals surface area contributed by atoms with Crippen LogP contribution < -0.4 is 0 Å². The topological polar surface area (TPSA) is 26.3 Å². The number of esters is 1. The minimum Gasteiger partial charge on any atom is -0.462 e. The first-order chi connectivity index (χ1) is 6.58. The molecular formula is C12H20O2. The summed E-state index contributed by atoms with van der Waals surface area (Å²) in [6.45, 7) is 6.50. The highest BCUT2D eigenvalue weighted by atomic mass is 16.6. The van der Waals surface area contributed by atoms with Crippen molar-refractivity contribution in [2.24, 2.45) is 23.7 Å². The van der Waals surface area contributed by atoms with Gasteiger partial charge in [0.15, 0.2) is 0 Å². The highest BCUT2D eigenvalue weighted by Crippen LogP contribution is 2.54. The molecular weight excluding hydrogens is 176 g/mol. The molecule has 0 aromatic carbocycles. The fourth-order valence-electron chi connectivity index (χ4n) is 2.93. The first kappa shape index (κ1) is 10.0. The summed E-state index contributed by atoms with van der Waals surface area (Å²) in [4.78, 5) is 11.1. The Kier molecular flexibility index (Phi) is 2.54. The Morgan fingerprint density at radius 1 is 1.21 bits per heavy atom. The number of carbonyl (C=O) groups excluding carboxylic acids is 1. The monoisotopic (exact) mass is 196 g/mol. The first-order valence-corrected chi connectivity index (χ1v) is 5.78. The third-order valence-corrected chi connectivity index (χ3v) is 3.32. The third kappa shape index (κ3) is 1.67. The van der Waals surface area contributed by atoms with Crippen LogP contribution >= 0.6 is 0 Å². The van der Waals surface area contributed by atoms with Crippen molar-refractivity contribution in [1.82, 2.24) is 0 Å². The molecule has 2 heteroatoms. The maximum atomic E-state index is 11.1. The zero-order chi connectivity index (χ0) is 10.3. The SMILES string of the molecule is CC(C)C.O=C1OC2CC3CC1C2C3. The first-order valence-electron chi connectivity index (χ1n) is 5.78. The van der Waals surface area contributed by atoms with Gasteiger partial charge in [0.1, 0.15) is 6.10 Å². The van der Waals surface area contributed by atoms with Gasteiger partial charge in [0.25, 0.3) is 0 Å². The minimum absolute atomic E-state index is 0.0926. The van der Waals surface area contributed by atoms with Gasteiger partial charge in [-0.2, -0.15) is 0 Å². The lowest BCUT2D eigenvalue weighted by molar-refractivity contribution is -0.143. The van der Waals surface area contributed by atoms with Crippen molar-refractivity contribution in [2.75, 3.05) is 0 Å². The van der Waals surface area contributed by atoms with Crippen LogP contribution in [0.2, 0.25) is 0 Å². The second-order valence-corrected chi connectivity index (χ2v) is 5.55. The molecule has 14 heavy (non-hydrogen) atoms. The predicted molar refractivity (Wildman–Crippen MR) is 54.7 cm³/mol. The highest BCUT2D eigenvalue weighted by molar-refractivity contribution is 5.76. The van der Waals surface area contributed by atoms with E-state index in [0.717, 1.165) is 24.7 Å². The van der Waals surface area contributed by atoms with E-state index in [1.807, 2.05) is 0 Å². The average molecular weight is 196 g/mol. The zero-order valence-corrected chi connectivity index (χ0v) is 9.32. The molecule has 1 saturated heterocycles. The lowest BCUT2D eigenvalue weighted by Gasteiger charge is -2.11. The van der Waals surface area contributed by atoms with E-state index < -0.39 is 0 Å². The quantitative estimate of drug-likeness (QED) is 0.557. The van der Waals surface area contributed by atoms with Gasteiger partial charge in [-0.25, -0.2) is 0 Å². The Morgan fingerprint density at radius 2 is 1.86 bits per heavy atom.